The number of anilines is 2. The third kappa shape index (κ3) is 5.88. The van der Waals surface area contributed by atoms with Crippen molar-refractivity contribution in [1.82, 2.24) is 20.1 Å². The molecule has 0 radical (unpaired) electrons. The fourth-order valence-corrected chi connectivity index (χ4v) is 4.92. The highest BCUT2D eigenvalue weighted by Gasteiger charge is 2.27. The van der Waals surface area contributed by atoms with Gasteiger partial charge >= 0.3 is 0 Å². The number of benzene rings is 1. The number of hydrogen-bond acceptors (Lipinski definition) is 7. The molecule has 0 saturated carbocycles. The number of amides is 1. The maximum Gasteiger partial charge on any atom is 0.223 e. The molecule has 2 N–H and O–H groups in total. The number of piperidine rings is 1. The number of carbonyl (C=O) groups is 1. The molecule has 1 unspecified atom stereocenters. The van der Waals surface area contributed by atoms with E-state index < -0.39 is 0 Å². The van der Waals surface area contributed by atoms with Gasteiger partial charge in [0, 0.05) is 42.6 Å². The van der Waals surface area contributed by atoms with Gasteiger partial charge in [-0.25, -0.2) is 0 Å². The van der Waals surface area contributed by atoms with Crippen LogP contribution in [0.15, 0.2) is 42.6 Å². The van der Waals surface area contributed by atoms with E-state index in [0.29, 0.717) is 13.2 Å². The third-order valence-electron chi connectivity index (χ3n) is 6.22. The summed E-state index contributed by atoms with van der Waals surface area (Å²) in [5, 5.41) is 17.2. The standard InChI is InChI=1S/C25H34N6O2S/c1-4-18(3)27-23(32)19-12-15-30(16-13-19)24-28-29-25(34-24)31-14-6-7-21(31)17-26-20-8-10-22(11-9-20)33-5-2/h6-11,14,18-19,26H,4-5,12-13,15-17H2,1-3H3,(H,27,32). The molecule has 9 heteroatoms. The number of nitrogens with zero attached hydrogens (tertiary/aromatic N) is 4. The van der Waals surface area contributed by atoms with Crippen LogP contribution in [-0.4, -0.2) is 46.4 Å². The van der Waals surface area contributed by atoms with Crippen LogP contribution in [-0.2, 0) is 11.3 Å². The zero-order chi connectivity index (χ0) is 23.9. The maximum atomic E-state index is 12.4. The first-order chi connectivity index (χ1) is 16.6. The molecule has 1 fully saturated rings. The Hall–Kier alpha value is -3.07. The van der Waals surface area contributed by atoms with E-state index in [0.717, 1.165) is 59.7 Å². The topological polar surface area (TPSA) is 84.3 Å². The lowest BCUT2D eigenvalue weighted by atomic mass is 9.96. The van der Waals surface area contributed by atoms with Crippen molar-refractivity contribution in [2.45, 2.75) is 52.6 Å². The molecule has 0 bridgehead atoms. The highest BCUT2D eigenvalue weighted by Crippen LogP contribution is 2.29. The fraction of sp³-hybridized carbons (Fsp3) is 0.480. The fourth-order valence-electron chi connectivity index (χ4n) is 4.00. The second kappa shape index (κ2) is 11.4. The Bertz CT molecular complexity index is 1060. The average Bonchev–Trinajstić information content (AvgIpc) is 3.53. The quantitative estimate of drug-likeness (QED) is 0.444. The summed E-state index contributed by atoms with van der Waals surface area (Å²) in [4.78, 5) is 14.7. The van der Waals surface area contributed by atoms with Crippen LogP contribution >= 0.6 is 11.3 Å². The Morgan fingerprint density at radius 3 is 2.59 bits per heavy atom. The Kier molecular flexibility index (Phi) is 8.05. The first-order valence-electron chi connectivity index (χ1n) is 12.1. The Labute approximate surface area is 205 Å². The van der Waals surface area contributed by atoms with Gasteiger partial charge in [0.25, 0.3) is 0 Å². The first-order valence-corrected chi connectivity index (χ1v) is 12.9. The minimum absolute atomic E-state index is 0.0855. The molecule has 182 valence electrons. The van der Waals surface area contributed by atoms with Crippen molar-refractivity contribution in [2.75, 3.05) is 29.9 Å². The van der Waals surface area contributed by atoms with Crippen LogP contribution in [0.2, 0.25) is 0 Å². The van der Waals surface area contributed by atoms with Gasteiger partial charge in [-0.1, -0.05) is 18.3 Å². The van der Waals surface area contributed by atoms with Gasteiger partial charge in [-0.15, -0.1) is 10.2 Å². The molecule has 1 amide bonds. The van der Waals surface area contributed by atoms with Gasteiger partial charge in [0.2, 0.25) is 16.2 Å². The molecule has 3 aromatic rings. The molecule has 4 rings (SSSR count). The van der Waals surface area contributed by atoms with Crippen molar-refractivity contribution >= 4 is 28.1 Å². The van der Waals surface area contributed by atoms with E-state index in [1.54, 1.807) is 11.3 Å². The van der Waals surface area contributed by atoms with Gasteiger partial charge in [-0.05, 0) is 69.5 Å². The van der Waals surface area contributed by atoms with Gasteiger partial charge in [-0.2, -0.15) is 0 Å². The summed E-state index contributed by atoms with van der Waals surface area (Å²) >= 11 is 1.59. The summed E-state index contributed by atoms with van der Waals surface area (Å²) in [5.41, 5.74) is 2.14. The molecule has 0 aliphatic carbocycles. The van der Waals surface area contributed by atoms with Gasteiger partial charge in [-0.3, -0.25) is 9.36 Å². The SMILES string of the molecule is CCOc1ccc(NCc2cccn2-c2nnc(N3CCC(C(=O)NC(C)CC)CC3)s2)cc1. The van der Waals surface area contributed by atoms with Crippen LogP contribution in [0.5, 0.6) is 5.75 Å². The van der Waals surface area contributed by atoms with Crippen LogP contribution in [0.4, 0.5) is 10.8 Å². The number of hydrogen-bond donors (Lipinski definition) is 2. The second-order valence-corrected chi connectivity index (χ2v) is 9.56. The van der Waals surface area contributed by atoms with Crippen molar-refractivity contribution in [1.29, 1.82) is 0 Å². The Balaban J connectivity index is 1.33. The largest absolute Gasteiger partial charge is 0.494 e. The normalized spacial score (nSPS) is 15.2. The molecule has 0 spiro atoms. The highest BCUT2D eigenvalue weighted by molar-refractivity contribution is 7.17. The number of aromatic nitrogens is 3. The summed E-state index contributed by atoms with van der Waals surface area (Å²) in [6, 6.07) is 12.3. The molecule has 8 nitrogen and oxygen atoms in total. The van der Waals surface area contributed by atoms with E-state index in [9.17, 15) is 4.79 Å². The van der Waals surface area contributed by atoms with E-state index in [2.05, 4.69) is 50.2 Å². The van der Waals surface area contributed by atoms with Crippen molar-refractivity contribution in [2.24, 2.45) is 5.92 Å². The average molecular weight is 483 g/mol. The predicted molar refractivity (Wildman–Crippen MR) is 137 cm³/mol. The number of ether oxygens (including phenoxy) is 1. The Morgan fingerprint density at radius 2 is 1.88 bits per heavy atom. The molecule has 1 saturated heterocycles. The monoisotopic (exact) mass is 482 g/mol. The minimum Gasteiger partial charge on any atom is -0.494 e. The second-order valence-electron chi connectivity index (χ2n) is 8.63. The van der Waals surface area contributed by atoms with Gasteiger partial charge < -0.3 is 20.3 Å². The predicted octanol–water partition coefficient (Wildman–Crippen LogP) is 4.47. The van der Waals surface area contributed by atoms with Crippen LogP contribution in [0, 0.1) is 5.92 Å². The van der Waals surface area contributed by atoms with E-state index in [4.69, 9.17) is 4.74 Å². The number of rotatable bonds is 10. The summed E-state index contributed by atoms with van der Waals surface area (Å²) in [6.45, 7) is 9.11. The third-order valence-corrected chi connectivity index (χ3v) is 7.20. The minimum atomic E-state index is 0.0855. The smallest absolute Gasteiger partial charge is 0.223 e. The molecule has 1 aromatic carbocycles. The lowest BCUT2D eigenvalue weighted by molar-refractivity contribution is -0.126. The van der Waals surface area contributed by atoms with Crippen molar-refractivity contribution < 1.29 is 9.53 Å². The summed E-state index contributed by atoms with van der Waals surface area (Å²) < 4.78 is 7.59. The molecule has 1 aliphatic rings. The lowest BCUT2D eigenvalue weighted by Crippen LogP contribution is -2.43. The van der Waals surface area contributed by atoms with E-state index in [-0.39, 0.29) is 17.9 Å². The van der Waals surface area contributed by atoms with Crippen molar-refractivity contribution in [3.05, 3.63) is 48.3 Å². The van der Waals surface area contributed by atoms with E-state index in [1.165, 1.54) is 0 Å². The van der Waals surface area contributed by atoms with Crippen LogP contribution in [0.3, 0.4) is 0 Å². The highest BCUT2D eigenvalue weighted by atomic mass is 32.1. The van der Waals surface area contributed by atoms with Crippen LogP contribution in [0.1, 0.15) is 45.7 Å². The van der Waals surface area contributed by atoms with Gasteiger partial charge in [0.15, 0.2) is 0 Å². The first kappa shape index (κ1) is 24.1. The van der Waals surface area contributed by atoms with Gasteiger partial charge in [0.05, 0.1) is 13.2 Å². The summed E-state index contributed by atoms with van der Waals surface area (Å²) in [6.07, 6.45) is 4.66. The number of carbonyl (C=O) groups excluding carboxylic acids is 1. The molecular weight excluding hydrogens is 448 g/mol. The molecule has 34 heavy (non-hydrogen) atoms. The molecular formula is C25H34N6O2S. The van der Waals surface area contributed by atoms with Crippen molar-refractivity contribution in [3.63, 3.8) is 0 Å². The number of nitrogens with one attached hydrogen (secondary N) is 2. The van der Waals surface area contributed by atoms with Crippen LogP contribution < -0.4 is 20.3 Å². The van der Waals surface area contributed by atoms with Crippen LogP contribution in [0.25, 0.3) is 5.13 Å². The lowest BCUT2D eigenvalue weighted by Gasteiger charge is -2.31. The van der Waals surface area contributed by atoms with Gasteiger partial charge in [0.1, 0.15) is 5.75 Å². The summed E-state index contributed by atoms with van der Waals surface area (Å²) in [7, 11) is 0. The molecule has 2 aromatic heterocycles. The van der Waals surface area contributed by atoms with Crippen molar-refractivity contribution in [3.8, 4) is 10.9 Å². The van der Waals surface area contributed by atoms with E-state index >= 15 is 0 Å². The molecule has 1 aliphatic heterocycles. The molecule has 1 atom stereocenters. The van der Waals surface area contributed by atoms with E-state index in [1.807, 2.05) is 43.5 Å². The zero-order valence-corrected chi connectivity index (χ0v) is 21.0. The summed E-state index contributed by atoms with van der Waals surface area (Å²) in [5.74, 6) is 1.14. The Morgan fingerprint density at radius 1 is 1.15 bits per heavy atom. The maximum absolute atomic E-state index is 12.4. The zero-order valence-electron chi connectivity index (χ0n) is 20.2. The molecule has 3 heterocycles.